The van der Waals surface area contributed by atoms with E-state index in [-0.39, 0.29) is 6.42 Å². The van der Waals surface area contributed by atoms with Gasteiger partial charge in [-0.15, -0.1) is 0 Å². The molecule has 0 spiro atoms. The second-order valence-corrected chi connectivity index (χ2v) is 3.15. The van der Waals surface area contributed by atoms with Crippen LogP contribution in [-0.2, 0) is 14.9 Å². The minimum atomic E-state index is -4.56. The van der Waals surface area contributed by atoms with Crippen molar-refractivity contribution < 1.29 is 22.9 Å². The van der Waals surface area contributed by atoms with Gasteiger partial charge in [-0.1, -0.05) is 13.0 Å². The van der Waals surface area contributed by atoms with Gasteiger partial charge >= 0.3 is 16.1 Å². The predicted molar refractivity (Wildman–Crippen MR) is 37.6 cm³/mol. The molecule has 0 unspecified atom stereocenters. The highest BCUT2D eigenvalue weighted by Gasteiger charge is 2.20. The monoisotopic (exact) mass is 180 g/mol. The summed E-state index contributed by atoms with van der Waals surface area (Å²) in [6.07, 6.45) is 1.17. The van der Waals surface area contributed by atoms with Crippen molar-refractivity contribution in [3.63, 3.8) is 0 Å². The second kappa shape index (κ2) is 3.49. The van der Waals surface area contributed by atoms with E-state index in [1.165, 1.54) is 0 Å². The van der Waals surface area contributed by atoms with Gasteiger partial charge in [0, 0.05) is 0 Å². The average molecular weight is 180 g/mol. The first-order valence-electron chi connectivity index (χ1n) is 2.80. The van der Waals surface area contributed by atoms with Crippen LogP contribution in [0.25, 0.3) is 0 Å². The lowest BCUT2D eigenvalue weighted by Gasteiger charge is -1.94. The van der Waals surface area contributed by atoms with Crippen LogP contribution in [0.1, 0.15) is 13.3 Å². The third kappa shape index (κ3) is 3.15. The predicted octanol–water partition coefficient (Wildman–Crippen LogP) is 0.253. The van der Waals surface area contributed by atoms with Crippen LogP contribution in [0.2, 0.25) is 0 Å². The van der Waals surface area contributed by atoms with Gasteiger partial charge in [0.2, 0.25) is 0 Å². The molecule has 0 aromatic rings. The lowest BCUT2D eigenvalue weighted by molar-refractivity contribution is -0.131. The van der Waals surface area contributed by atoms with Crippen molar-refractivity contribution in [2.24, 2.45) is 0 Å². The lowest BCUT2D eigenvalue weighted by Crippen LogP contribution is -2.11. The first-order chi connectivity index (χ1) is 4.89. The Morgan fingerprint density at radius 2 is 2.00 bits per heavy atom. The van der Waals surface area contributed by atoms with Crippen LogP contribution in [0, 0.1) is 0 Å². The van der Waals surface area contributed by atoms with E-state index in [0.29, 0.717) is 0 Å². The van der Waals surface area contributed by atoms with Gasteiger partial charge in [-0.2, -0.15) is 8.42 Å². The molecule has 0 atom stereocenters. The summed E-state index contributed by atoms with van der Waals surface area (Å²) in [7, 11) is -4.56. The maximum absolute atomic E-state index is 10.3. The molecule has 0 radical (unpaired) electrons. The van der Waals surface area contributed by atoms with Crippen molar-refractivity contribution in [2.75, 3.05) is 0 Å². The van der Waals surface area contributed by atoms with Crippen LogP contribution >= 0.6 is 0 Å². The van der Waals surface area contributed by atoms with Gasteiger partial charge in [-0.05, 0) is 6.42 Å². The molecule has 5 nitrogen and oxygen atoms in total. The summed E-state index contributed by atoms with van der Waals surface area (Å²) in [5.41, 5.74) is 0. The fourth-order valence-electron chi connectivity index (χ4n) is 0.488. The van der Waals surface area contributed by atoms with Crippen molar-refractivity contribution in [1.29, 1.82) is 0 Å². The van der Waals surface area contributed by atoms with E-state index >= 15 is 0 Å². The highest BCUT2D eigenvalue weighted by Crippen LogP contribution is 2.04. The smallest absolute Gasteiger partial charge is 0.349 e. The summed E-state index contributed by atoms with van der Waals surface area (Å²) in [5.74, 6) is -1.64. The molecule has 0 saturated heterocycles. The molecule has 0 aliphatic carbocycles. The van der Waals surface area contributed by atoms with Gasteiger partial charge in [0.15, 0.2) is 4.91 Å². The Morgan fingerprint density at radius 3 is 2.09 bits per heavy atom. The zero-order chi connectivity index (χ0) is 9.07. The Kier molecular flexibility index (Phi) is 3.21. The number of carboxylic acids is 1. The van der Waals surface area contributed by atoms with E-state index in [1.54, 1.807) is 6.92 Å². The number of hydrogen-bond donors (Lipinski definition) is 2. The fraction of sp³-hybridized carbons (Fsp3) is 0.400. The van der Waals surface area contributed by atoms with Crippen LogP contribution < -0.4 is 0 Å². The normalized spacial score (nSPS) is 13.1. The molecule has 0 aromatic carbocycles. The van der Waals surface area contributed by atoms with E-state index in [1.807, 2.05) is 0 Å². The van der Waals surface area contributed by atoms with Crippen molar-refractivity contribution in [1.82, 2.24) is 0 Å². The largest absolute Gasteiger partial charge is 0.477 e. The third-order valence-electron chi connectivity index (χ3n) is 0.878. The molecule has 0 fully saturated rings. The minimum Gasteiger partial charge on any atom is -0.477 e. The first-order valence-corrected chi connectivity index (χ1v) is 4.24. The molecule has 6 heteroatoms. The van der Waals surface area contributed by atoms with Crippen molar-refractivity contribution in [3.05, 3.63) is 11.0 Å². The van der Waals surface area contributed by atoms with Crippen molar-refractivity contribution in [3.8, 4) is 0 Å². The maximum Gasteiger partial charge on any atom is 0.349 e. The minimum absolute atomic E-state index is 0.238. The summed E-state index contributed by atoms with van der Waals surface area (Å²) in [6, 6.07) is 0. The fourth-order valence-corrected chi connectivity index (χ4v) is 1.09. The van der Waals surface area contributed by atoms with Crippen LogP contribution in [-0.4, -0.2) is 24.0 Å². The van der Waals surface area contributed by atoms with Crippen LogP contribution in [0.15, 0.2) is 11.0 Å². The van der Waals surface area contributed by atoms with E-state index in [2.05, 4.69) is 0 Å². The van der Waals surface area contributed by atoms with Gasteiger partial charge in [0.05, 0.1) is 0 Å². The van der Waals surface area contributed by atoms with E-state index in [0.717, 1.165) is 6.08 Å². The number of carboxylic acid groups (broad SMARTS) is 1. The maximum atomic E-state index is 10.3. The average Bonchev–Trinajstić information content (AvgIpc) is 1.79. The van der Waals surface area contributed by atoms with Gasteiger partial charge in [0.25, 0.3) is 0 Å². The molecule has 0 aliphatic heterocycles. The summed E-state index contributed by atoms with van der Waals surface area (Å²) in [6.45, 7) is 1.56. The SMILES string of the molecule is CC/C=C(\C(=O)O)S(=O)(=O)O. The molecule has 0 aromatic heterocycles. The van der Waals surface area contributed by atoms with Crippen LogP contribution in [0.5, 0.6) is 0 Å². The zero-order valence-corrected chi connectivity index (χ0v) is 6.63. The topological polar surface area (TPSA) is 91.7 Å². The van der Waals surface area contributed by atoms with Gasteiger partial charge in [-0.25, -0.2) is 4.79 Å². The molecule has 0 aliphatic rings. The Morgan fingerprint density at radius 1 is 1.55 bits per heavy atom. The Labute approximate surface area is 64.1 Å². The van der Waals surface area contributed by atoms with Crippen molar-refractivity contribution >= 4 is 16.1 Å². The van der Waals surface area contributed by atoms with E-state index in [9.17, 15) is 13.2 Å². The molecule has 11 heavy (non-hydrogen) atoms. The molecule has 0 heterocycles. The molecular formula is C5H8O5S. The number of carbonyl (C=O) groups is 1. The molecule has 0 rings (SSSR count). The van der Waals surface area contributed by atoms with E-state index in [4.69, 9.17) is 9.66 Å². The molecule has 0 amide bonds. The highest BCUT2D eigenvalue weighted by molar-refractivity contribution is 7.90. The number of aliphatic carboxylic acids is 1. The van der Waals surface area contributed by atoms with Crippen LogP contribution in [0.3, 0.4) is 0 Å². The molecule has 0 saturated carbocycles. The number of rotatable bonds is 3. The third-order valence-corrected chi connectivity index (χ3v) is 1.78. The van der Waals surface area contributed by atoms with Gasteiger partial charge < -0.3 is 5.11 Å². The van der Waals surface area contributed by atoms with Crippen LogP contribution in [0.4, 0.5) is 0 Å². The standard InChI is InChI=1S/C5H8O5S/c1-2-3-4(5(6)7)11(8,9)10/h3H,2H2,1H3,(H,6,7)(H,8,9,10)/b4-3+. The molecule has 2 N–H and O–H groups in total. The first kappa shape index (κ1) is 10.1. The van der Waals surface area contributed by atoms with Gasteiger partial charge in [0.1, 0.15) is 0 Å². The Bertz CT molecular complexity index is 273. The molecular weight excluding hydrogens is 172 g/mol. The van der Waals surface area contributed by atoms with Gasteiger partial charge in [-0.3, -0.25) is 4.55 Å². The summed E-state index contributed by atoms with van der Waals surface area (Å²) >= 11 is 0. The Balaban J connectivity index is 4.95. The highest BCUT2D eigenvalue weighted by atomic mass is 32.2. The molecule has 64 valence electrons. The number of allylic oxidation sites excluding steroid dienone is 1. The quantitative estimate of drug-likeness (QED) is 0.480. The Hall–Kier alpha value is -0.880. The molecule has 0 bridgehead atoms. The number of hydrogen-bond acceptors (Lipinski definition) is 3. The second-order valence-electron chi connectivity index (χ2n) is 1.76. The summed E-state index contributed by atoms with van der Waals surface area (Å²) < 4.78 is 28.8. The summed E-state index contributed by atoms with van der Waals surface area (Å²) in [5, 5.41) is 8.23. The lowest BCUT2D eigenvalue weighted by atomic mass is 10.4. The zero-order valence-electron chi connectivity index (χ0n) is 5.81. The summed E-state index contributed by atoms with van der Waals surface area (Å²) in [4.78, 5) is 9.16. The van der Waals surface area contributed by atoms with Crippen molar-refractivity contribution in [2.45, 2.75) is 13.3 Å². The van der Waals surface area contributed by atoms with E-state index < -0.39 is 21.0 Å².